The first kappa shape index (κ1) is 21.0. The number of phenolic OH excluding ortho intramolecular Hbond substituents is 1. The average molecular weight is 383 g/mol. The van der Waals surface area contributed by atoms with Crippen molar-refractivity contribution in [2.75, 3.05) is 19.0 Å². The van der Waals surface area contributed by atoms with E-state index < -0.39 is 11.9 Å². The maximum absolute atomic E-state index is 12.2. The number of amides is 1. The number of carbonyl (C=O) groups excluding carboxylic acids is 2. The van der Waals surface area contributed by atoms with Gasteiger partial charge in [-0.1, -0.05) is 38.1 Å². The molecule has 0 aromatic heterocycles. The number of hydrogen-bond donors (Lipinski definition) is 2. The van der Waals surface area contributed by atoms with Crippen LogP contribution in [0.1, 0.15) is 36.5 Å². The van der Waals surface area contributed by atoms with Gasteiger partial charge in [0.25, 0.3) is 5.91 Å². The summed E-state index contributed by atoms with van der Waals surface area (Å²) in [6.07, 6.45) is 2.73. The fraction of sp³-hybridized carbons (Fsp3) is 0.273. The SMILES string of the molecule is COc1cc(/C=C/C(=O)OCC(=O)Nc2c(C)cccc2C(C)C)ccc1O. The Kier molecular flexibility index (Phi) is 7.21. The molecule has 0 aliphatic rings. The first-order chi connectivity index (χ1) is 13.3. The van der Waals surface area contributed by atoms with E-state index in [9.17, 15) is 14.7 Å². The van der Waals surface area contributed by atoms with Crippen LogP contribution in [0.3, 0.4) is 0 Å². The van der Waals surface area contributed by atoms with Crippen molar-refractivity contribution < 1.29 is 24.2 Å². The van der Waals surface area contributed by atoms with Gasteiger partial charge in [-0.05, 0) is 47.7 Å². The van der Waals surface area contributed by atoms with E-state index >= 15 is 0 Å². The summed E-state index contributed by atoms with van der Waals surface area (Å²) in [5.41, 5.74) is 3.38. The number of carbonyl (C=O) groups is 2. The van der Waals surface area contributed by atoms with Crippen molar-refractivity contribution in [2.24, 2.45) is 0 Å². The van der Waals surface area contributed by atoms with Gasteiger partial charge in [0.15, 0.2) is 18.1 Å². The molecular formula is C22H25NO5. The van der Waals surface area contributed by atoms with E-state index in [1.54, 1.807) is 12.1 Å². The lowest BCUT2D eigenvalue weighted by Crippen LogP contribution is -2.21. The Morgan fingerprint density at radius 3 is 2.64 bits per heavy atom. The Morgan fingerprint density at radius 1 is 1.21 bits per heavy atom. The number of esters is 1. The van der Waals surface area contributed by atoms with Crippen LogP contribution in [-0.2, 0) is 14.3 Å². The summed E-state index contributed by atoms with van der Waals surface area (Å²) in [6.45, 7) is 5.64. The molecule has 1 amide bonds. The van der Waals surface area contributed by atoms with E-state index in [2.05, 4.69) is 5.32 Å². The predicted molar refractivity (Wildman–Crippen MR) is 109 cm³/mol. The van der Waals surface area contributed by atoms with Crippen LogP contribution in [0, 0.1) is 6.92 Å². The number of nitrogens with one attached hydrogen (secondary N) is 1. The highest BCUT2D eigenvalue weighted by Gasteiger charge is 2.13. The van der Waals surface area contributed by atoms with Crippen molar-refractivity contribution in [3.63, 3.8) is 0 Å². The monoisotopic (exact) mass is 383 g/mol. The number of anilines is 1. The predicted octanol–water partition coefficient (Wildman–Crippen LogP) is 4.03. The molecule has 0 fully saturated rings. The molecule has 0 spiro atoms. The summed E-state index contributed by atoms with van der Waals surface area (Å²) >= 11 is 0. The van der Waals surface area contributed by atoms with Crippen LogP contribution in [0.15, 0.2) is 42.5 Å². The summed E-state index contributed by atoms with van der Waals surface area (Å²) < 4.78 is 10.0. The normalized spacial score (nSPS) is 10.9. The van der Waals surface area contributed by atoms with E-state index in [0.29, 0.717) is 11.3 Å². The third kappa shape index (κ3) is 5.61. The highest BCUT2D eigenvalue weighted by molar-refractivity contribution is 5.95. The molecule has 2 rings (SSSR count). The Balaban J connectivity index is 1.94. The summed E-state index contributed by atoms with van der Waals surface area (Å²) in [7, 11) is 1.44. The molecule has 0 unspecified atom stereocenters. The molecule has 2 aromatic rings. The molecule has 0 saturated carbocycles. The molecule has 2 aromatic carbocycles. The highest BCUT2D eigenvalue weighted by atomic mass is 16.5. The molecule has 6 heteroatoms. The standard InChI is InChI=1S/C22H25NO5/c1-14(2)17-7-5-6-15(3)22(17)23-20(25)13-28-21(26)11-9-16-8-10-18(24)19(12-16)27-4/h5-12,14,24H,13H2,1-4H3,(H,23,25)/b11-9+. The zero-order valence-corrected chi connectivity index (χ0v) is 16.5. The van der Waals surface area contributed by atoms with Crippen LogP contribution in [0.4, 0.5) is 5.69 Å². The van der Waals surface area contributed by atoms with Gasteiger partial charge in [-0.2, -0.15) is 0 Å². The first-order valence-corrected chi connectivity index (χ1v) is 8.93. The lowest BCUT2D eigenvalue weighted by molar-refractivity contribution is -0.142. The molecule has 0 atom stereocenters. The number of methoxy groups -OCH3 is 1. The van der Waals surface area contributed by atoms with E-state index in [1.807, 2.05) is 39.0 Å². The molecular weight excluding hydrogens is 358 g/mol. The maximum atomic E-state index is 12.2. The minimum atomic E-state index is -0.643. The number of aryl methyl sites for hydroxylation is 1. The Morgan fingerprint density at radius 2 is 1.96 bits per heavy atom. The van der Waals surface area contributed by atoms with E-state index in [4.69, 9.17) is 9.47 Å². The molecule has 0 aliphatic carbocycles. The van der Waals surface area contributed by atoms with Gasteiger partial charge in [0.05, 0.1) is 7.11 Å². The molecule has 0 bridgehead atoms. The first-order valence-electron chi connectivity index (χ1n) is 8.93. The van der Waals surface area contributed by atoms with Gasteiger partial charge in [0.2, 0.25) is 0 Å². The number of phenols is 1. The van der Waals surface area contributed by atoms with Crippen LogP contribution in [0.25, 0.3) is 6.08 Å². The number of para-hydroxylation sites is 1. The number of benzene rings is 2. The van der Waals surface area contributed by atoms with E-state index in [-0.39, 0.29) is 18.3 Å². The maximum Gasteiger partial charge on any atom is 0.331 e. The average Bonchev–Trinajstić information content (AvgIpc) is 2.67. The lowest BCUT2D eigenvalue weighted by atomic mass is 9.98. The molecule has 2 N–H and O–H groups in total. The minimum Gasteiger partial charge on any atom is -0.504 e. The minimum absolute atomic E-state index is 0.0101. The van der Waals surface area contributed by atoms with Gasteiger partial charge in [-0.15, -0.1) is 0 Å². The van der Waals surface area contributed by atoms with Gasteiger partial charge in [-0.3, -0.25) is 4.79 Å². The Hall–Kier alpha value is -3.28. The summed E-state index contributed by atoms with van der Waals surface area (Å²) in [4.78, 5) is 24.0. The Labute approximate surface area is 164 Å². The second-order valence-corrected chi connectivity index (χ2v) is 6.61. The smallest absolute Gasteiger partial charge is 0.331 e. The molecule has 148 valence electrons. The fourth-order valence-corrected chi connectivity index (χ4v) is 2.66. The highest BCUT2D eigenvalue weighted by Crippen LogP contribution is 2.28. The van der Waals surface area contributed by atoms with Crippen molar-refractivity contribution in [3.8, 4) is 11.5 Å². The second-order valence-electron chi connectivity index (χ2n) is 6.61. The zero-order valence-electron chi connectivity index (χ0n) is 16.5. The van der Waals surface area contributed by atoms with Gasteiger partial charge in [-0.25, -0.2) is 4.79 Å². The number of rotatable bonds is 7. The van der Waals surface area contributed by atoms with Crippen molar-refractivity contribution in [1.82, 2.24) is 0 Å². The van der Waals surface area contributed by atoms with Crippen molar-refractivity contribution >= 4 is 23.6 Å². The molecule has 0 heterocycles. The largest absolute Gasteiger partial charge is 0.504 e. The van der Waals surface area contributed by atoms with Crippen molar-refractivity contribution in [2.45, 2.75) is 26.7 Å². The van der Waals surface area contributed by atoms with Crippen molar-refractivity contribution in [1.29, 1.82) is 0 Å². The molecule has 0 radical (unpaired) electrons. The topological polar surface area (TPSA) is 84.9 Å². The number of hydrogen-bond acceptors (Lipinski definition) is 5. The second kappa shape index (κ2) is 9.60. The van der Waals surface area contributed by atoms with Crippen LogP contribution < -0.4 is 10.1 Å². The Bertz CT molecular complexity index is 886. The van der Waals surface area contributed by atoms with Crippen LogP contribution in [0.2, 0.25) is 0 Å². The van der Waals surface area contributed by atoms with Crippen molar-refractivity contribution in [3.05, 3.63) is 59.2 Å². The third-order valence-corrected chi connectivity index (χ3v) is 4.15. The molecule has 6 nitrogen and oxygen atoms in total. The van der Waals surface area contributed by atoms with E-state index in [1.165, 1.54) is 25.3 Å². The third-order valence-electron chi connectivity index (χ3n) is 4.15. The molecule has 28 heavy (non-hydrogen) atoms. The van der Waals surface area contributed by atoms with Gasteiger partial charge >= 0.3 is 5.97 Å². The summed E-state index contributed by atoms with van der Waals surface area (Å²) in [6, 6.07) is 10.5. The number of aromatic hydroxyl groups is 1. The molecule has 0 aliphatic heterocycles. The lowest BCUT2D eigenvalue weighted by Gasteiger charge is -2.16. The summed E-state index contributed by atoms with van der Waals surface area (Å²) in [5.74, 6) is -0.478. The zero-order chi connectivity index (χ0) is 20.7. The fourth-order valence-electron chi connectivity index (χ4n) is 2.66. The van der Waals surface area contributed by atoms with Crippen LogP contribution >= 0.6 is 0 Å². The van der Waals surface area contributed by atoms with Gasteiger partial charge in [0.1, 0.15) is 0 Å². The van der Waals surface area contributed by atoms with Crippen LogP contribution in [0.5, 0.6) is 11.5 Å². The number of ether oxygens (including phenoxy) is 2. The summed E-state index contributed by atoms with van der Waals surface area (Å²) in [5, 5.41) is 12.4. The molecule has 0 saturated heterocycles. The van der Waals surface area contributed by atoms with E-state index in [0.717, 1.165) is 16.8 Å². The van der Waals surface area contributed by atoms with Gasteiger partial charge < -0.3 is 19.9 Å². The quantitative estimate of drug-likeness (QED) is 0.557. The van der Waals surface area contributed by atoms with Crippen LogP contribution in [-0.4, -0.2) is 30.7 Å². The van der Waals surface area contributed by atoms with Gasteiger partial charge in [0, 0.05) is 11.8 Å².